The SMILES string of the molecule is Cc1cc(C(C)N2CCC(Cc3c(F)cccc3F)CC2)oc1C(=O)O. The third-order valence-electron chi connectivity index (χ3n) is 5.29. The van der Waals surface area contributed by atoms with Crippen LogP contribution in [-0.2, 0) is 6.42 Å². The maximum Gasteiger partial charge on any atom is 0.372 e. The van der Waals surface area contributed by atoms with E-state index in [9.17, 15) is 13.6 Å². The first-order valence-electron chi connectivity index (χ1n) is 8.87. The molecule has 0 radical (unpaired) electrons. The zero-order valence-corrected chi connectivity index (χ0v) is 15.0. The molecule has 2 heterocycles. The number of rotatable bonds is 5. The van der Waals surface area contributed by atoms with E-state index >= 15 is 0 Å². The number of benzene rings is 1. The van der Waals surface area contributed by atoms with Crippen molar-refractivity contribution >= 4 is 5.97 Å². The zero-order valence-electron chi connectivity index (χ0n) is 15.0. The molecule has 4 nitrogen and oxygen atoms in total. The molecule has 1 N–H and O–H groups in total. The van der Waals surface area contributed by atoms with Gasteiger partial charge in [0.1, 0.15) is 17.4 Å². The lowest BCUT2D eigenvalue weighted by atomic mass is 9.89. The number of carboxylic acids is 1. The summed E-state index contributed by atoms with van der Waals surface area (Å²) in [6.07, 6.45) is 2.08. The maximum absolute atomic E-state index is 13.8. The topological polar surface area (TPSA) is 53.7 Å². The van der Waals surface area contributed by atoms with Crippen LogP contribution in [0.2, 0.25) is 0 Å². The van der Waals surface area contributed by atoms with Crippen molar-refractivity contribution in [1.29, 1.82) is 0 Å². The molecule has 1 saturated heterocycles. The van der Waals surface area contributed by atoms with E-state index in [1.807, 2.05) is 6.92 Å². The van der Waals surface area contributed by atoms with Crippen molar-refractivity contribution in [3.8, 4) is 0 Å². The molecule has 1 atom stereocenters. The maximum atomic E-state index is 13.8. The average Bonchev–Trinajstić information content (AvgIpc) is 3.00. The summed E-state index contributed by atoms with van der Waals surface area (Å²) in [6.45, 7) is 5.27. The predicted octanol–water partition coefficient (Wildman–Crippen LogP) is 4.58. The lowest BCUT2D eigenvalue weighted by molar-refractivity contribution is 0.0651. The second-order valence-electron chi connectivity index (χ2n) is 7.03. The summed E-state index contributed by atoms with van der Waals surface area (Å²) >= 11 is 0. The van der Waals surface area contributed by atoms with Gasteiger partial charge in [-0.2, -0.15) is 0 Å². The van der Waals surface area contributed by atoms with Crippen molar-refractivity contribution in [1.82, 2.24) is 4.90 Å². The van der Waals surface area contributed by atoms with Gasteiger partial charge in [-0.05, 0) is 70.3 Å². The average molecular weight is 363 g/mol. The Hall–Kier alpha value is -2.21. The molecule has 0 spiro atoms. The molecule has 0 aliphatic carbocycles. The van der Waals surface area contributed by atoms with Crippen molar-refractivity contribution < 1.29 is 23.1 Å². The van der Waals surface area contributed by atoms with E-state index in [0.29, 0.717) is 17.7 Å². The highest BCUT2D eigenvalue weighted by Gasteiger charge is 2.27. The molecular weight excluding hydrogens is 340 g/mol. The van der Waals surface area contributed by atoms with Gasteiger partial charge >= 0.3 is 5.97 Å². The first-order chi connectivity index (χ1) is 12.4. The van der Waals surface area contributed by atoms with Crippen LogP contribution >= 0.6 is 0 Å². The molecule has 2 aromatic rings. The molecule has 1 aromatic heterocycles. The van der Waals surface area contributed by atoms with Gasteiger partial charge in [-0.15, -0.1) is 0 Å². The van der Waals surface area contributed by atoms with Crippen molar-refractivity contribution in [3.63, 3.8) is 0 Å². The molecule has 0 amide bonds. The molecule has 1 aromatic carbocycles. The predicted molar refractivity (Wildman–Crippen MR) is 93.2 cm³/mol. The van der Waals surface area contributed by atoms with E-state index in [0.717, 1.165) is 25.9 Å². The van der Waals surface area contributed by atoms with Crippen LogP contribution in [0.5, 0.6) is 0 Å². The number of furan rings is 1. The van der Waals surface area contributed by atoms with E-state index in [1.165, 1.54) is 18.2 Å². The van der Waals surface area contributed by atoms with Crippen LogP contribution in [0.15, 0.2) is 28.7 Å². The van der Waals surface area contributed by atoms with Gasteiger partial charge in [-0.3, -0.25) is 4.90 Å². The summed E-state index contributed by atoms with van der Waals surface area (Å²) in [6, 6.07) is 5.72. The second kappa shape index (κ2) is 7.58. The van der Waals surface area contributed by atoms with Crippen molar-refractivity contribution in [2.45, 2.75) is 39.2 Å². The Labute approximate surface area is 151 Å². The van der Waals surface area contributed by atoms with Crippen molar-refractivity contribution in [2.24, 2.45) is 5.92 Å². The number of halogens is 2. The fourth-order valence-electron chi connectivity index (χ4n) is 3.67. The lowest BCUT2D eigenvalue weighted by Gasteiger charge is -2.35. The number of nitrogens with zero attached hydrogens (tertiary/aromatic N) is 1. The molecule has 1 aliphatic rings. The van der Waals surface area contributed by atoms with Crippen LogP contribution in [0.3, 0.4) is 0 Å². The molecule has 3 rings (SSSR count). The quantitative estimate of drug-likeness (QED) is 0.845. The summed E-state index contributed by atoms with van der Waals surface area (Å²) < 4.78 is 33.2. The first kappa shape index (κ1) is 18.6. The summed E-state index contributed by atoms with van der Waals surface area (Å²) in [5.74, 6) is -1.17. The van der Waals surface area contributed by atoms with E-state index < -0.39 is 17.6 Å². The fraction of sp³-hybridized carbons (Fsp3) is 0.450. The molecule has 1 aliphatic heterocycles. The Morgan fingerprint density at radius 3 is 2.46 bits per heavy atom. The highest BCUT2D eigenvalue weighted by atomic mass is 19.1. The number of piperidine rings is 1. The molecule has 26 heavy (non-hydrogen) atoms. The van der Waals surface area contributed by atoms with Gasteiger partial charge in [0.15, 0.2) is 0 Å². The molecular formula is C20H23F2NO3. The molecule has 1 unspecified atom stereocenters. The van der Waals surface area contributed by atoms with Crippen LogP contribution in [0.4, 0.5) is 8.78 Å². The number of hydrogen-bond acceptors (Lipinski definition) is 3. The highest BCUT2D eigenvalue weighted by Crippen LogP contribution is 2.31. The van der Waals surface area contributed by atoms with Gasteiger partial charge in [0.05, 0.1) is 6.04 Å². The molecule has 140 valence electrons. The Balaban J connectivity index is 1.61. The highest BCUT2D eigenvalue weighted by molar-refractivity contribution is 5.86. The van der Waals surface area contributed by atoms with E-state index in [4.69, 9.17) is 9.52 Å². The lowest BCUT2D eigenvalue weighted by Crippen LogP contribution is -2.36. The Morgan fingerprint density at radius 1 is 1.31 bits per heavy atom. The summed E-state index contributed by atoms with van der Waals surface area (Å²) in [4.78, 5) is 13.4. The number of aryl methyl sites for hydroxylation is 1. The van der Waals surface area contributed by atoms with Gasteiger partial charge in [-0.1, -0.05) is 6.07 Å². The van der Waals surface area contributed by atoms with Crippen LogP contribution in [0.25, 0.3) is 0 Å². The monoisotopic (exact) mass is 363 g/mol. The van der Waals surface area contributed by atoms with Gasteiger partial charge in [0.25, 0.3) is 0 Å². The molecule has 0 bridgehead atoms. The zero-order chi connectivity index (χ0) is 18.8. The van der Waals surface area contributed by atoms with E-state index in [2.05, 4.69) is 4.90 Å². The third-order valence-corrected chi connectivity index (χ3v) is 5.29. The third kappa shape index (κ3) is 3.80. The van der Waals surface area contributed by atoms with Crippen LogP contribution < -0.4 is 0 Å². The molecule has 1 fully saturated rings. The molecule has 0 saturated carbocycles. The summed E-state index contributed by atoms with van der Waals surface area (Å²) in [7, 11) is 0. The van der Waals surface area contributed by atoms with Crippen LogP contribution in [-0.4, -0.2) is 29.1 Å². The summed E-state index contributed by atoms with van der Waals surface area (Å²) in [5.41, 5.74) is 0.788. The van der Waals surface area contributed by atoms with Gasteiger partial charge < -0.3 is 9.52 Å². The van der Waals surface area contributed by atoms with E-state index in [-0.39, 0.29) is 23.3 Å². The van der Waals surface area contributed by atoms with Crippen LogP contribution in [0, 0.1) is 24.5 Å². The minimum Gasteiger partial charge on any atom is -0.475 e. The smallest absolute Gasteiger partial charge is 0.372 e. The van der Waals surface area contributed by atoms with E-state index in [1.54, 1.807) is 13.0 Å². The minimum absolute atomic E-state index is 0.0169. The summed E-state index contributed by atoms with van der Waals surface area (Å²) in [5, 5.41) is 9.12. The second-order valence-corrected chi connectivity index (χ2v) is 7.03. The van der Waals surface area contributed by atoms with Crippen LogP contribution in [0.1, 0.15) is 53.2 Å². The van der Waals surface area contributed by atoms with Gasteiger partial charge in [0.2, 0.25) is 5.76 Å². The number of hydrogen-bond donors (Lipinski definition) is 1. The normalized spacial score (nSPS) is 17.4. The number of likely N-dealkylation sites (tertiary alicyclic amines) is 1. The first-order valence-corrected chi connectivity index (χ1v) is 8.87. The minimum atomic E-state index is -1.06. The Bertz CT molecular complexity index is 774. The van der Waals surface area contributed by atoms with Gasteiger partial charge in [0, 0.05) is 11.1 Å². The number of carboxylic acid groups (broad SMARTS) is 1. The van der Waals surface area contributed by atoms with Crippen molar-refractivity contribution in [3.05, 3.63) is 58.5 Å². The molecule has 6 heteroatoms. The van der Waals surface area contributed by atoms with Crippen molar-refractivity contribution in [2.75, 3.05) is 13.1 Å². The standard InChI is InChI=1S/C20H23F2NO3/c1-12-10-18(26-19(12)20(24)25)13(2)23-8-6-14(7-9-23)11-15-16(21)4-3-5-17(15)22/h3-5,10,13-14H,6-9,11H2,1-2H3,(H,24,25). The fourth-order valence-corrected chi connectivity index (χ4v) is 3.67. The number of carbonyl (C=O) groups is 1. The largest absolute Gasteiger partial charge is 0.475 e. The number of aromatic carboxylic acids is 1. The Kier molecular flexibility index (Phi) is 5.41. The van der Waals surface area contributed by atoms with Gasteiger partial charge in [-0.25, -0.2) is 13.6 Å². The Morgan fingerprint density at radius 2 is 1.92 bits per heavy atom.